The molecule has 0 bridgehead atoms. The lowest BCUT2D eigenvalue weighted by Crippen LogP contribution is -2.49. The van der Waals surface area contributed by atoms with E-state index in [4.69, 9.17) is 0 Å². The molecule has 9 nitrogen and oxygen atoms in total. The SMILES string of the molecule is Cc1ccc(NC(=O)CN2C(=O)N(C)C3(CCCCC3)C2=O)cc1S(=O)(=O)N1CCCCCC1. The second kappa shape index (κ2) is 9.65. The van der Waals surface area contributed by atoms with Gasteiger partial charge in [0, 0.05) is 25.8 Å². The van der Waals surface area contributed by atoms with E-state index in [1.165, 1.54) is 15.3 Å². The highest BCUT2D eigenvalue weighted by molar-refractivity contribution is 7.89. The van der Waals surface area contributed by atoms with Crippen molar-refractivity contribution >= 4 is 33.6 Å². The topological polar surface area (TPSA) is 107 Å². The van der Waals surface area contributed by atoms with Crippen molar-refractivity contribution in [3.8, 4) is 0 Å². The first-order valence-electron chi connectivity index (χ1n) is 12.2. The van der Waals surface area contributed by atoms with Crippen LogP contribution >= 0.6 is 0 Å². The molecule has 34 heavy (non-hydrogen) atoms. The molecule has 1 N–H and O–H groups in total. The number of imide groups is 1. The van der Waals surface area contributed by atoms with Crippen LogP contribution in [-0.4, -0.2) is 72.6 Å². The Hall–Kier alpha value is -2.46. The molecule has 2 saturated heterocycles. The molecule has 1 saturated carbocycles. The number of nitrogens with zero attached hydrogens (tertiary/aromatic N) is 3. The van der Waals surface area contributed by atoms with Crippen LogP contribution in [0, 0.1) is 6.92 Å². The number of urea groups is 1. The van der Waals surface area contributed by atoms with Crippen molar-refractivity contribution in [3.63, 3.8) is 0 Å². The Bertz CT molecular complexity index is 1070. The van der Waals surface area contributed by atoms with Crippen LogP contribution in [0.1, 0.15) is 63.4 Å². The van der Waals surface area contributed by atoms with Crippen molar-refractivity contribution in [1.29, 1.82) is 0 Å². The molecule has 10 heteroatoms. The number of hydrogen-bond donors (Lipinski definition) is 1. The van der Waals surface area contributed by atoms with Crippen LogP contribution in [0.3, 0.4) is 0 Å². The van der Waals surface area contributed by atoms with Crippen molar-refractivity contribution in [2.24, 2.45) is 0 Å². The summed E-state index contributed by atoms with van der Waals surface area (Å²) in [5.41, 5.74) is 0.0882. The molecule has 0 atom stereocenters. The fourth-order valence-electron chi connectivity index (χ4n) is 5.39. The molecule has 3 aliphatic rings. The van der Waals surface area contributed by atoms with Gasteiger partial charge in [-0.25, -0.2) is 13.2 Å². The minimum atomic E-state index is -3.68. The lowest BCUT2D eigenvalue weighted by atomic mass is 9.81. The van der Waals surface area contributed by atoms with Crippen LogP contribution < -0.4 is 5.32 Å². The van der Waals surface area contributed by atoms with E-state index in [2.05, 4.69) is 5.32 Å². The van der Waals surface area contributed by atoms with Gasteiger partial charge in [-0.3, -0.25) is 14.5 Å². The number of aryl methyl sites for hydroxylation is 1. The minimum Gasteiger partial charge on any atom is -0.324 e. The Labute approximate surface area is 201 Å². The van der Waals surface area contributed by atoms with Crippen LogP contribution in [0.4, 0.5) is 10.5 Å². The average Bonchev–Trinajstić information content (AvgIpc) is 3.05. The Morgan fingerprint density at radius 1 is 1.00 bits per heavy atom. The maximum absolute atomic E-state index is 13.3. The van der Waals surface area contributed by atoms with Crippen molar-refractivity contribution in [3.05, 3.63) is 23.8 Å². The van der Waals surface area contributed by atoms with Crippen molar-refractivity contribution in [2.75, 3.05) is 32.0 Å². The first-order chi connectivity index (χ1) is 16.2. The Morgan fingerprint density at radius 3 is 2.26 bits per heavy atom. The van der Waals surface area contributed by atoms with Gasteiger partial charge in [-0.2, -0.15) is 4.31 Å². The zero-order chi connectivity index (χ0) is 24.5. The minimum absolute atomic E-state index is 0.168. The number of anilines is 1. The molecular weight excluding hydrogens is 456 g/mol. The van der Waals surface area contributed by atoms with Gasteiger partial charge >= 0.3 is 6.03 Å². The highest BCUT2D eigenvalue weighted by atomic mass is 32.2. The molecular formula is C24H34N4O5S. The van der Waals surface area contributed by atoms with Gasteiger partial charge in [-0.1, -0.05) is 38.2 Å². The van der Waals surface area contributed by atoms with Crippen molar-refractivity contribution < 1.29 is 22.8 Å². The summed E-state index contributed by atoms with van der Waals surface area (Å²) in [6, 6.07) is 4.31. The summed E-state index contributed by atoms with van der Waals surface area (Å²) in [6.07, 6.45) is 7.72. The molecule has 4 amide bonds. The van der Waals surface area contributed by atoms with Crippen LogP contribution in [-0.2, 0) is 19.6 Å². The summed E-state index contributed by atoms with van der Waals surface area (Å²) in [5.74, 6) is -0.854. The standard InChI is InChI=1S/C24H34N4O5S/c1-18-10-11-19(16-20(18)34(32,33)27-14-8-3-4-9-15-27)25-21(29)17-28-22(30)24(26(2)23(28)31)12-6-5-7-13-24/h10-11,16H,3-9,12-15,17H2,1-2H3,(H,25,29). The van der Waals surface area contributed by atoms with Gasteiger partial charge in [0.25, 0.3) is 5.91 Å². The summed E-state index contributed by atoms with van der Waals surface area (Å²) >= 11 is 0. The molecule has 1 aliphatic carbocycles. The molecule has 0 unspecified atom stereocenters. The smallest absolute Gasteiger partial charge is 0.324 e. The van der Waals surface area contributed by atoms with E-state index in [-0.39, 0.29) is 10.8 Å². The molecule has 1 spiro atoms. The van der Waals surface area contributed by atoms with Gasteiger partial charge in [0.1, 0.15) is 12.1 Å². The molecule has 0 aromatic heterocycles. The molecule has 2 heterocycles. The van der Waals surface area contributed by atoms with Crippen LogP contribution in [0.5, 0.6) is 0 Å². The molecule has 186 valence electrons. The number of nitrogens with one attached hydrogen (secondary N) is 1. The monoisotopic (exact) mass is 490 g/mol. The normalized spacial score (nSPS) is 21.7. The first-order valence-corrected chi connectivity index (χ1v) is 13.6. The summed E-state index contributed by atoms with van der Waals surface area (Å²) in [5, 5.41) is 2.68. The number of rotatable bonds is 5. The van der Waals surface area contributed by atoms with Gasteiger partial charge in [-0.05, 0) is 50.3 Å². The second-order valence-electron chi connectivity index (χ2n) is 9.67. The third kappa shape index (κ3) is 4.45. The lowest BCUT2D eigenvalue weighted by molar-refractivity contribution is -0.136. The lowest BCUT2D eigenvalue weighted by Gasteiger charge is -2.35. The predicted octanol–water partition coefficient (Wildman–Crippen LogP) is 3.10. The fourth-order valence-corrected chi connectivity index (χ4v) is 7.16. The van der Waals surface area contributed by atoms with Crippen LogP contribution in [0.25, 0.3) is 0 Å². The summed E-state index contributed by atoms with van der Waals surface area (Å²) in [6.45, 7) is 2.32. The number of benzene rings is 1. The molecule has 1 aromatic rings. The number of carbonyl (C=O) groups excluding carboxylic acids is 3. The van der Waals surface area contributed by atoms with Crippen LogP contribution in [0.15, 0.2) is 23.1 Å². The largest absolute Gasteiger partial charge is 0.327 e. The first kappa shape index (κ1) is 24.7. The number of likely N-dealkylation sites (N-methyl/N-ethyl adjacent to an activating group) is 1. The van der Waals surface area contributed by atoms with Gasteiger partial charge < -0.3 is 10.2 Å². The second-order valence-corrected chi connectivity index (χ2v) is 11.6. The molecule has 0 radical (unpaired) electrons. The maximum atomic E-state index is 13.3. The Morgan fingerprint density at radius 2 is 1.62 bits per heavy atom. The van der Waals surface area contributed by atoms with Crippen molar-refractivity contribution in [2.45, 2.75) is 75.1 Å². The highest BCUT2D eigenvalue weighted by Crippen LogP contribution is 2.39. The maximum Gasteiger partial charge on any atom is 0.327 e. The van der Waals surface area contributed by atoms with E-state index in [0.29, 0.717) is 37.2 Å². The molecule has 2 aliphatic heterocycles. The molecule has 1 aromatic carbocycles. The summed E-state index contributed by atoms with van der Waals surface area (Å²) in [4.78, 5) is 41.4. The quantitative estimate of drug-likeness (QED) is 0.639. The van der Waals surface area contributed by atoms with Gasteiger partial charge in [-0.15, -0.1) is 0 Å². The van der Waals surface area contributed by atoms with E-state index in [0.717, 1.165) is 49.8 Å². The zero-order valence-corrected chi connectivity index (χ0v) is 20.8. The van der Waals surface area contributed by atoms with Crippen LogP contribution in [0.2, 0.25) is 0 Å². The summed E-state index contributed by atoms with van der Waals surface area (Å²) in [7, 11) is -2.06. The zero-order valence-electron chi connectivity index (χ0n) is 20.0. The molecule has 3 fully saturated rings. The Kier molecular flexibility index (Phi) is 7.00. The van der Waals surface area contributed by atoms with Gasteiger partial charge in [0.05, 0.1) is 4.90 Å². The van der Waals surface area contributed by atoms with Gasteiger partial charge in [0.15, 0.2) is 0 Å². The third-order valence-electron chi connectivity index (χ3n) is 7.44. The third-order valence-corrected chi connectivity index (χ3v) is 9.48. The van der Waals surface area contributed by atoms with E-state index in [1.807, 2.05) is 0 Å². The predicted molar refractivity (Wildman–Crippen MR) is 128 cm³/mol. The average molecular weight is 491 g/mol. The number of carbonyl (C=O) groups is 3. The van der Waals surface area contributed by atoms with Crippen molar-refractivity contribution in [1.82, 2.24) is 14.1 Å². The highest BCUT2D eigenvalue weighted by Gasteiger charge is 2.55. The summed E-state index contributed by atoms with van der Waals surface area (Å²) < 4.78 is 28.1. The number of amides is 4. The van der Waals surface area contributed by atoms with E-state index in [9.17, 15) is 22.8 Å². The fraction of sp³-hybridized carbons (Fsp3) is 0.625. The Balaban J connectivity index is 1.49. The van der Waals surface area contributed by atoms with E-state index >= 15 is 0 Å². The number of sulfonamides is 1. The van der Waals surface area contributed by atoms with E-state index in [1.54, 1.807) is 26.1 Å². The molecule has 4 rings (SSSR count). The van der Waals surface area contributed by atoms with E-state index < -0.39 is 34.0 Å². The number of hydrogen-bond acceptors (Lipinski definition) is 5. The van der Waals surface area contributed by atoms with Gasteiger partial charge in [0.2, 0.25) is 15.9 Å².